The number of aromatic nitrogens is 2. The van der Waals surface area contributed by atoms with E-state index < -0.39 is 7.14 Å². The molecule has 4 heteroatoms. The molecule has 0 fully saturated rings. The molecule has 0 saturated heterocycles. The molecule has 5 aromatic rings. The van der Waals surface area contributed by atoms with Gasteiger partial charge in [0.15, 0.2) is 31.9 Å². The number of benzene rings is 3. The first-order valence-electron chi connectivity index (χ1n) is 15.5. The maximum Gasteiger partial charge on any atom is 0.210 e. The molecule has 3 aromatic carbocycles. The average Bonchev–Trinajstić information content (AvgIpc) is 3.29. The largest absolute Gasteiger partial charge is 0.308 e. The lowest BCUT2D eigenvalue weighted by Crippen LogP contribution is -2.37. The second-order valence-corrected chi connectivity index (χ2v) is 14.5. The third-order valence-corrected chi connectivity index (χ3v) is 11.7. The van der Waals surface area contributed by atoms with Crippen LogP contribution in [-0.4, -0.2) is 0 Å². The van der Waals surface area contributed by atoms with Crippen LogP contribution in [0.2, 0.25) is 0 Å². The highest BCUT2D eigenvalue weighted by Crippen LogP contribution is 2.52. The van der Waals surface area contributed by atoms with Crippen LogP contribution in [0.4, 0.5) is 0 Å². The second-order valence-electron chi connectivity index (χ2n) is 11.8. The Hall–Kier alpha value is -3.81. The molecule has 3 nitrogen and oxygen atoms in total. The summed E-state index contributed by atoms with van der Waals surface area (Å²) in [5.41, 5.74) is 6.79. The van der Waals surface area contributed by atoms with Crippen LogP contribution in [0.15, 0.2) is 116 Å². The first kappa shape index (κ1) is 28.3. The van der Waals surface area contributed by atoms with E-state index in [1.165, 1.54) is 31.2 Å². The Morgan fingerprint density at radius 2 is 1.40 bits per heavy atom. The van der Waals surface area contributed by atoms with Gasteiger partial charge in [-0.25, -0.2) is 4.57 Å². The fourth-order valence-electron chi connectivity index (χ4n) is 6.11. The van der Waals surface area contributed by atoms with Crippen LogP contribution in [0.1, 0.15) is 64.4 Å². The van der Waals surface area contributed by atoms with Crippen molar-refractivity contribution in [2.75, 3.05) is 0 Å². The van der Waals surface area contributed by atoms with Crippen molar-refractivity contribution in [3.8, 4) is 27.9 Å². The number of pyridine rings is 2. The standard InChI is InChI=1S/C38H41N2OP/c1-4-5-6-7-11-23-39-24-22-36-35-19-16-32(31-20-25-40(26-21-31)33-12-9-8-10-13-33)27-37(35)42(41,38(36)28-39)34-17-14-30(15-18-34)29(2)3/h8-10,12-22,24-29H,4-7,11,23H2,1-3H3/q+2. The van der Waals surface area contributed by atoms with Crippen molar-refractivity contribution in [3.05, 3.63) is 121 Å². The molecule has 0 radical (unpaired) electrons. The van der Waals surface area contributed by atoms with Crippen LogP contribution in [-0.2, 0) is 11.1 Å². The molecule has 0 saturated carbocycles. The van der Waals surface area contributed by atoms with Gasteiger partial charge in [0.25, 0.3) is 0 Å². The van der Waals surface area contributed by atoms with Gasteiger partial charge in [-0.15, -0.1) is 0 Å². The van der Waals surface area contributed by atoms with Crippen LogP contribution in [0.25, 0.3) is 27.9 Å². The van der Waals surface area contributed by atoms with Crippen LogP contribution in [0.5, 0.6) is 0 Å². The molecule has 0 bridgehead atoms. The Labute approximate surface area is 250 Å². The molecular weight excluding hydrogens is 531 g/mol. The van der Waals surface area contributed by atoms with Crippen LogP contribution in [0, 0.1) is 0 Å². The number of fused-ring (bicyclic) bond motifs is 3. The fourth-order valence-corrected chi connectivity index (χ4v) is 9.19. The molecule has 0 aliphatic carbocycles. The number of hydrogen-bond donors (Lipinski definition) is 0. The average molecular weight is 573 g/mol. The monoisotopic (exact) mass is 572 g/mol. The number of rotatable bonds is 10. The molecule has 42 heavy (non-hydrogen) atoms. The number of nitrogens with zero attached hydrogens (tertiary/aromatic N) is 2. The van der Waals surface area contributed by atoms with E-state index in [-0.39, 0.29) is 0 Å². The van der Waals surface area contributed by atoms with Crippen molar-refractivity contribution < 1.29 is 13.7 Å². The summed E-state index contributed by atoms with van der Waals surface area (Å²) >= 11 is 0. The summed E-state index contributed by atoms with van der Waals surface area (Å²) in [7, 11) is -3.06. The van der Waals surface area contributed by atoms with Gasteiger partial charge in [0.05, 0.1) is 5.30 Å². The van der Waals surface area contributed by atoms with Gasteiger partial charge in [-0.3, -0.25) is 0 Å². The van der Waals surface area contributed by atoms with E-state index in [1.807, 2.05) is 6.07 Å². The van der Waals surface area contributed by atoms with E-state index in [0.29, 0.717) is 5.92 Å². The summed E-state index contributed by atoms with van der Waals surface area (Å²) in [6, 6.07) is 31.9. The molecule has 2 aromatic heterocycles. The Morgan fingerprint density at radius 1 is 0.690 bits per heavy atom. The predicted octanol–water partition coefficient (Wildman–Crippen LogP) is 7.63. The van der Waals surface area contributed by atoms with E-state index in [9.17, 15) is 0 Å². The second kappa shape index (κ2) is 12.2. The highest BCUT2D eigenvalue weighted by atomic mass is 31.2. The molecule has 1 unspecified atom stereocenters. The summed E-state index contributed by atoms with van der Waals surface area (Å²) in [6.07, 6.45) is 14.7. The van der Waals surface area contributed by atoms with Gasteiger partial charge in [0, 0.05) is 52.9 Å². The van der Waals surface area contributed by atoms with Gasteiger partial charge in [-0.2, -0.15) is 4.57 Å². The number of unbranched alkanes of at least 4 members (excludes halogenated alkanes) is 4. The smallest absolute Gasteiger partial charge is 0.210 e. The summed E-state index contributed by atoms with van der Waals surface area (Å²) in [6.45, 7) is 7.61. The lowest BCUT2D eigenvalue weighted by atomic mass is 10.0. The summed E-state index contributed by atoms with van der Waals surface area (Å²) in [5, 5.41) is 2.84. The third kappa shape index (κ3) is 5.39. The molecule has 6 rings (SSSR count). The zero-order valence-electron chi connectivity index (χ0n) is 25.0. The Morgan fingerprint density at radius 3 is 2.12 bits per heavy atom. The molecule has 0 amide bonds. The SMILES string of the molecule is CCCCCCC[n+]1ccc2c(c1)P(=O)(c1ccc(C(C)C)cc1)c1cc(-c3cc[n+](-c4ccccc4)cc3)ccc1-2. The minimum atomic E-state index is -3.06. The number of aryl methyl sites for hydroxylation is 1. The molecule has 212 valence electrons. The molecule has 1 aliphatic heterocycles. The first-order valence-corrected chi connectivity index (χ1v) is 17.2. The molecule has 0 N–H and O–H groups in total. The van der Waals surface area contributed by atoms with Gasteiger partial charge in [-0.1, -0.05) is 94.6 Å². The number of para-hydroxylation sites is 1. The molecule has 0 spiro atoms. The first-order chi connectivity index (χ1) is 20.5. The van der Waals surface area contributed by atoms with E-state index in [0.717, 1.165) is 56.8 Å². The molecule has 3 heterocycles. The highest BCUT2D eigenvalue weighted by molar-refractivity contribution is 7.86. The van der Waals surface area contributed by atoms with Gasteiger partial charge >= 0.3 is 0 Å². The Bertz CT molecular complexity index is 1720. The minimum absolute atomic E-state index is 0.432. The highest BCUT2D eigenvalue weighted by Gasteiger charge is 2.42. The summed E-state index contributed by atoms with van der Waals surface area (Å²) < 4.78 is 19.9. The van der Waals surface area contributed by atoms with Crippen molar-refractivity contribution in [2.24, 2.45) is 0 Å². The van der Waals surface area contributed by atoms with Crippen LogP contribution < -0.4 is 25.0 Å². The third-order valence-electron chi connectivity index (χ3n) is 8.62. The quantitative estimate of drug-likeness (QED) is 0.0941. The van der Waals surface area contributed by atoms with Gasteiger partial charge in [0.2, 0.25) is 5.69 Å². The van der Waals surface area contributed by atoms with Crippen molar-refractivity contribution >= 4 is 23.1 Å². The van der Waals surface area contributed by atoms with E-state index in [1.54, 1.807) is 0 Å². The molecule has 1 atom stereocenters. The van der Waals surface area contributed by atoms with Crippen molar-refractivity contribution in [1.29, 1.82) is 0 Å². The number of hydrogen-bond acceptors (Lipinski definition) is 1. The minimum Gasteiger partial charge on any atom is -0.308 e. The Kier molecular flexibility index (Phi) is 8.22. The fraction of sp³-hybridized carbons (Fsp3) is 0.263. The van der Waals surface area contributed by atoms with Gasteiger partial charge < -0.3 is 4.57 Å². The van der Waals surface area contributed by atoms with Crippen molar-refractivity contribution in [3.63, 3.8) is 0 Å². The molecule has 1 aliphatic rings. The molecular formula is C38H41N2OP+2. The predicted molar refractivity (Wildman–Crippen MR) is 175 cm³/mol. The van der Waals surface area contributed by atoms with Gasteiger partial charge in [0.1, 0.15) is 6.54 Å². The van der Waals surface area contributed by atoms with E-state index in [4.69, 9.17) is 0 Å². The normalized spacial score (nSPS) is 15.5. The zero-order valence-corrected chi connectivity index (χ0v) is 25.9. The maximum absolute atomic E-state index is 15.5. The van der Waals surface area contributed by atoms with Gasteiger partial charge in [-0.05, 0) is 40.7 Å². The summed E-state index contributed by atoms with van der Waals surface area (Å²) in [4.78, 5) is 0. The van der Waals surface area contributed by atoms with Crippen molar-refractivity contribution in [1.82, 2.24) is 0 Å². The van der Waals surface area contributed by atoms with Crippen LogP contribution >= 0.6 is 7.14 Å². The van der Waals surface area contributed by atoms with E-state index >= 15 is 4.57 Å². The topological polar surface area (TPSA) is 24.8 Å². The van der Waals surface area contributed by atoms with Crippen molar-refractivity contribution in [2.45, 2.75) is 65.3 Å². The zero-order chi connectivity index (χ0) is 29.1. The summed E-state index contributed by atoms with van der Waals surface area (Å²) in [5.74, 6) is 0.432. The maximum atomic E-state index is 15.5. The Balaban J connectivity index is 1.40. The lowest BCUT2D eigenvalue weighted by molar-refractivity contribution is -0.696. The van der Waals surface area contributed by atoms with Crippen LogP contribution in [0.3, 0.4) is 0 Å². The lowest BCUT2D eigenvalue weighted by Gasteiger charge is -2.17. The van der Waals surface area contributed by atoms with E-state index in [2.05, 4.69) is 140 Å².